The predicted octanol–water partition coefficient (Wildman–Crippen LogP) is 9.72. The van der Waals surface area contributed by atoms with E-state index in [2.05, 4.69) is 135 Å². The van der Waals surface area contributed by atoms with Gasteiger partial charge in [0.2, 0.25) is 0 Å². The molecule has 2 aliphatic carbocycles. The van der Waals surface area contributed by atoms with Crippen LogP contribution in [-0.4, -0.2) is 11.6 Å². The van der Waals surface area contributed by atoms with Crippen LogP contribution in [-0.2, 0) is 10.8 Å². The first-order chi connectivity index (χ1) is 18.8. The molecule has 0 N–H and O–H groups in total. The molecule has 1 aliphatic heterocycles. The highest BCUT2D eigenvalue weighted by molar-refractivity contribution is 6.14. The maximum absolute atomic E-state index is 2.54. The van der Waals surface area contributed by atoms with Crippen LogP contribution in [0.25, 0.3) is 38.6 Å². The van der Waals surface area contributed by atoms with E-state index in [0.29, 0.717) is 0 Å². The Kier molecular flexibility index (Phi) is 4.43. The summed E-state index contributed by atoms with van der Waals surface area (Å²) in [6.45, 7) is 9.52. The lowest BCUT2D eigenvalue weighted by Crippen LogP contribution is -2.28. The summed E-state index contributed by atoms with van der Waals surface area (Å²) in [5, 5.41) is 2.68. The molecule has 2 heteroatoms. The molecular weight excluding hydrogens is 472 g/mol. The van der Waals surface area contributed by atoms with Crippen molar-refractivity contribution >= 4 is 38.9 Å². The Morgan fingerprint density at radius 3 is 2.31 bits per heavy atom. The van der Waals surface area contributed by atoms with Gasteiger partial charge in [-0.3, -0.25) is 0 Å². The summed E-state index contributed by atoms with van der Waals surface area (Å²) in [6.07, 6.45) is 6.97. The Balaban J connectivity index is 1.29. The fourth-order valence-corrected chi connectivity index (χ4v) is 7.73. The van der Waals surface area contributed by atoms with Crippen molar-refractivity contribution in [2.24, 2.45) is 0 Å². The van der Waals surface area contributed by atoms with Gasteiger partial charge in [-0.15, -0.1) is 0 Å². The van der Waals surface area contributed by atoms with E-state index in [-0.39, 0.29) is 10.8 Å². The van der Waals surface area contributed by atoms with Crippen molar-refractivity contribution in [3.63, 3.8) is 0 Å². The van der Waals surface area contributed by atoms with Gasteiger partial charge in [0.05, 0.1) is 11.0 Å². The van der Waals surface area contributed by atoms with Gasteiger partial charge < -0.3 is 9.47 Å². The zero-order chi connectivity index (χ0) is 26.7. The van der Waals surface area contributed by atoms with Crippen LogP contribution < -0.4 is 4.90 Å². The summed E-state index contributed by atoms with van der Waals surface area (Å²) >= 11 is 0. The fourth-order valence-electron chi connectivity index (χ4n) is 7.73. The van der Waals surface area contributed by atoms with E-state index in [9.17, 15) is 0 Å². The van der Waals surface area contributed by atoms with E-state index in [4.69, 9.17) is 0 Å². The molecule has 192 valence electrons. The molecule has 4 aromatic carbocycles. The van der Waals surface area contributed by atoms with Crippen LogP contribution in [0.2, 0.25) is 0 Å². The molecule has 0 saturated heterocycles. The molecule has 0 atom stereocenters. The molecular formula is C37H34N2. The van der Waals surface area contributed by atoms with E-state index in [1.54, 1.807) is 5.57 Å². The lowest BCUT2D eigenvalue weighted by atomic mass is 9.71. The first-order valence-electron chi connectivity index (χ1n) is 14.2. The Labute approximate surface area is 230 Å². The molecule has 2 nitrogen and oxygen atoms in total. The third kappa shape index (κ3) is 2.87. The number of hydrogen-bond acceptors (Lipinski definition) is 1. The van der Waals surface area contributed by atoms with Crippen LogP contribution >= 0.6 is 0 Å². The van der Waals surface area contributed by atoms with E-state index < -0.39 is 0 Å². The van der Waals surface area contributed by atoms with Gasteiger partial charge in [-0.1, -0.05) is 82.3 Å². The molecule has 39 heavy (non-hydrogen) atoms. The zero-order valence-electron chi connectivity index (χ0n) is 23.5. The minimum absolute atomic E-state index is 0.00243. The standard InChI is InChI=1S/C37H34N2/c1-36(2)29-13-7-6-11-25(29)26-19-17-24(22-32(26)36)38(5)23-18-20-33-28(21-23)27-12-10-15-31-35(27)39(33)34-16-9-8-14-30(34)37(31,3)4/h6-7,9-13,15-22H,8,14H2,1-5H3. The second-order valence-corrected chi connectivity index (χ2v) is 12.6. The molecule has 8 rings (SSSR count). The van der Waals surface area contributed by atoms with Gasteiger partial charge in [-0.2, -0.15) is 0 Å². The largest absolute Gasteiger partial charge is 0.345 e. The van der Waals surface area contributed by atoms with Crippen molar-refractivity contribution in [3.05, 3.63) is 113 Å². The van der Waals surface area contributed by atoms with Crippen molar-refractivity contribution in [2.45, 2.75) is 51.4 Å². The second kappa shape index (κ2) is 7.54. The molecule has 1 aromatic heterocycles. The highest BCUT2D eigenvalue weighted by atomic mass is 15.1. The average Bonchev–Trinajstić information content (AvgIpc) is 3.41. The number of anilines is 2. The van der Waals surface area contributed by atoms with Crippen LogP contribution in [0.3, 0.4) is 0 Å². The van der Waals surface area contributed by atoms with E-state index in [1.165, 1.54) is 66.7 Å². The fraction of sp³-hybridized carbons (Fsp3) is 0.243. The van der Waals surface area contributed by atoms with Gasteiger partial charge in [0.15, 0.2) is 0 Å². The molecule has 0 unspecified atom stereocenters. The van der Waals surface area contributed by atoms with E-state index in [1.807, 2.05) is 0 Å². The summed E-state index contributed by atoms with van der Waals surface area (Å²) < 4.78 is 2.54. The van der Waals surface area contributed by atoms with Crippen LogP contribution in [0.5, 0.6) is 0 Å². The van der Waals surface area contributed by atoms with Crippen molar-refractivity contribution < 1.29 is 0 Å². The molecule has 3 aliphatic rings. The van der Waals surface area contributed by atoms with Gasteiger partial charge in [0.25, 0.3) is 0 Å². The van der Waals surface area contributed by atoms with Crippen molar-refractivity contribution in [1.82, 2.24) is 4.57 Å². The van der Waals surface area contributed by atoms with Gasteiger partial charge in [-0.05, 0) is 82.6 Å². The highest BCUT2D eigenvalue weighted by Crippen LogP contribution is 2.51. The Morgan fingerprint density at radius 2 is 1.44 bits per heavy atom. The second-order valence-electron chi connectivity index (χ2n) is 12.6. The summed E-state index contributed by atoms with van der Waals surface area (Å²) in [5.41, 5.74) is 15.1. The number of allylic oxidation sites excluding steroid dienone is 4. The normalized spacial score (nSPS) is 17.9. The SMILES string of the molecule is CN(c1ccc2c(c1)C(C)(C)c1ccccc1-2)c1ccc2c(c1)c1cccc3c1n2C1=C(CCC=C1)C3(C)C. The molecule has 0 radical (unpaired) electrons. The number of benzene rings is 4. The number of aromatic nitrogens is 1. The molecule has 0 spiro atoms. The highest BCUT2D eigenvalue weighted by Gasteiger charge is 2.37. The number of para-hydroxylation sites is 1. The zero-order valence-corrected chi connectivity index (χ0v) is 23.5. The van der Waals surface area contributed by atoms with E-state index in [0.717, 1.165) is 12.8 Å². The lowest BCUT2D eigenvalue weighted by molar-refractivity contribution is 0.585. The molecule has 0 fully saturated rings. The van der Waals surface area contributed by atoms with Crippen molar-refractivity contribution in [3.8, 4) is 11.1 Å². The first-order valence-corrected chi connectivity index (χ1v) is 14.2. The monoisotopic (exact) mass is 506 g/mol. The van der Waals surface area contributed by atoms with Crippen LogP contribution in [0.15, 0.2) is 96.6 Å². The van der Waals surface area contributed by atoms with E-state index >= 15 is 0 Å². The minimum atomic E-state index is -0.00243. The van der Waals surface area contributed by atoms with Crippen molar-refractivity contribution in [2.75, 3.05) is 11.9 Å². The van der Waals surface area contributed by atoms with Gasteiger partial charge in [0.1, 0.15) is 0 Å². The quantitative estimate of drug-likeness (QED) is 0.231. The number of fused-ring (bicyclic) bond motifs is 7. The number of hydrogen-bond donors (Lipinski definition) is 0. The van der Waals surface area contributed by atoms with Gasteiger partial charge >= 0.3 is 0 Å². The third-order valence-electron chi connectivity index (χ3n) is 9.93. The Hall–Kier alpha value is -4.04. The van der Waals surface area contributed by atoms with Crippen LogP contribution in [0, 0.1) is 0 Å². The lowest BCUT2D eigenvalue weighted by Gasteiger charge is -2.37. The summed E-state index contributed by atoms with van der Waals surface area (Å²) in [7, 11) is 2.20. The third-order valence-corrected chi connectivity index (χ3v) is 9.93. The number of rotatable bonds is 2. The molecule has 5 aromatic rings. The predicted molar refractivity (Wildman–Crippen MR) is 166 cm³/mol. The summed E-state index contributed by atoms with van der Waals surface area (Å²) in [5.74, 6) is 0. The number of nitrogens with zero attached hydrogens (tertiary/aromatic N) is 2. The summed E-state index contributed by atoms with van der Waals surface area (Å²) in [6, 6.07) is 29.8. The molecule has 0 amide bonds. The molecule has 2 heterocycles. The molecule has 0 saturated carbocycles. The Bertz CT molecular complexity index is 1920. The average molecular weight is 507 g/mol. The Morgan fingerprint density at radius 1 is 0.692 bits per heavy atom. The van der Waals surface area contributed by atoms with Crippen LogP contribution in [0.4, 0.5) is 11.4 Å². The van der Waals surface area contributed by atoms with Gasteiger partial charge in [0, 0.05) is 45.7 Å². The molecule has 0 bridgehead atoms. The maximum atomic E-state index is 2.54. The smallest absolute Gasteiger partial charge is 0.0581 e. The summed E-state index contributed by atoms with van der Waals surface area (Å²) in [4.78, 5) is 2.35. The minimum Gasteiger partial charge on any atom is -0.345 e. The first kappa shape index (κ1) is 22.9. The van der Waals surface area contributed by atoms with Crippen LogP contribution in [0.1, 0.15) is 57.2 Å². The maximum Gasteiger partial charge on any atom is 0.0581 e. The van der Waals surface area contributed by atoms with Crippen molar-refractivity contribution in [1.29, 1.82) is 0 Å². The topological polar surface area (TPSA) is 8.17 Å². The van der Waals surface area contributed by atoms with Gasteiger partial charge in [-0.25, -0.2) is 0 Å².